The summed E-state index contributed by atoms with van der Waals surface area (Å²) in [5, 5.41) is 8.79. The lowest BCUT2D eigenvalue weighted by Crippen LogP contribution is -2.24. The van der Waals surface area contributed by atoms with Crippen LogP contribution in [0.3, 0.4) is 0 Å². The first-order valence-electron chi connectivity index (χ1n) is 6.27. The van der Waals surface area contributed by atoms with Gasteiger partial charge in [-0.15, -0.1) is 10.2 Å². The summed E-state index contributed by atoms with van der Waals surface area (Å²) in [7, 11) is 0. The molecule has 0 amide bonds. The van der Waals surface area contributed by atoms with Gasteiger partial charge in [0, 0.05) is 10.6 Å². The van der Waals surface area contributed by atoms with Crippen LogP contribution in [-0.2, 0) is 9.53 Å². The molecule has 0 fully saturated rings. The van der Waals surface area contributed by atoms with E-state index in [1.165, 1.54) is 0 Å². The highest BCUT2D eigenvalue weighted by molar-refractivity contribution is 7.99. The van der Waals surface area contributed by atoms with Gasteiger partial charge in [-0.3, -0.25) is 4.79 Å². The van der Waals surface area contributed by atoms with Crippen LogP contribution in [0.4, 0.5) is 0 Å². The van der Waals surface area contributed by atoms with E-state index < -0.39 is 5.60 Å². The minimum absolute atomic E-state index is 0.125. The number of carbonyl (C=O) groups is 1. The maximum absolute atomic E-state index is 11.6. The van der Waals surface area contributed by atoms with Crippen molar-refractivity contribution in [3.63, 3.8) is 0 Å². The van der Waals surface area contributed by atoms with Crippen molar-refractivity contribution in [3.8, 4) is 11.5 Å². The number of hydrogen-bond acceptors (Lipinski definition) is 6. The third-order valence-corrected chi connectivity index (χ3v) is 3.28. The zero-order valence-corrected chi connectivity index (χ0v) is 13.5. The summed E-state index contributed by atoms with van der Waals surface area (Å²) in [4.78, 5) is 11.6. The van der Waals surface area contributed by atoms with Crippen molar-refractivity contribution in [2.75, 3.05) is 5.75 Å². The van der Waals surface area contributed by atoms with Gasteiger partial charge in [0.05, 0.1) is 0 Å². The molecule has 1 aromatic heterocycles. The second kappa shape index (κ2) is 6.49. The Kier molecular flexibility index (Phi) is 4.90. The van der Waals surface area contributed by atoms with Crippen LogP contribution >= 0.6 is 23.4 Å². The van der Waals surface area contributed by atoms with E-state index in [1.54, 1.807) is 24.3 Å². The van der Waals surface area contributed by atoms with E-state index in [0.29, 0.717) is 16.1 Å². The average molecular weight is 327 g/mol. The highest BCUT2D eigenvalue weighted by Crippen LogP contribution is 2.24. The number of aromatic nitrogens is 2. The smallest absolute Gasteiger partial charge is 0.316 e. The second-order valence-corrected chi connectivity index (χ2v) is 6.62. The average Bonchev–Trinajstić information content (AvgIpc) is 2.84. The van der Waals surface area contributed by atoms with E-state index in [0.717, 1.165) is 17.3 Å². The number of benzene rings is 1. The van der Waals surface area contributed by atoms with Crippen LogP contribution in [0.2, 0.25) is 5.02 Å². The summed E-state index contributed by atoms with van der Waals surface area (Å²) >= 11 is 6.97. The maximum atomic E-state index is 11.6. The fourth-order valence-corrected chi connectivity index (χ4v) is 2.13. The largest absolute Gasteiger partial charge is 0.459 e. The van der Waals surface area contributed by atoms with Crippen molar-refractivity contribution >= 4 is 29.3 Å². The molecule has 2 rings (SSSR count). The fraction of sp³-hybridized carbons (Fsp3) is 0.357. The van der Waals surface area contributed by atoms with Crippen LogP contribution < -0.4 is 0 Å². The molecule has 0 N–H and O–H groups in total. The van der Waals surface area contributed by atoms with Crippen molar-refractivity contribution < 1.29 is 13.9 Å². The van der Waals surface area contributed by atoms with Crippen LogP contribution in [0.5, 0.6) is 0 Å². The Labute approximate surface area is 132 Å². The molecule has 7 heteroatoms. The second-order valence-electron chi connectivity index (χ2n) is 5.26. The third-order valence-electron chi connectivity index (χ3n) is 2.23. The van der Waals surface area contributed by atoms with Gasteiger partial charge in [-0.1, -0.05) is 23.4 Å². The van der Waals surface area contributed by atoms with Gasteiger partial charge < -0.3 is 9.15 Å². The summed E-state index contributed by atoms with van der Waals surface area (Å²) in [6.07, 6.45) is 0. The van der Waals surface area contributed by atoms with E-state index in [2.05, 4.69) is 10.2 Å². The van der Waals surface area contributed by atoms with E-state index in [4.69, 9.17) is 20.8 Å². The van der Waals surface area contributed by atoms with Gasteiger partial charge in [0.25, 0.3) is 5.22 Å². The molecule has 1 aromatic carbocycles. The molecule has 0 bridgehead atoms. The quantitative estimate of drug-likeness (QED) is 0.628. The van der Waals surface area contributed by atoms with Gasteiger partial charge in [0.1, 0.15) is 11.4 Å². The van der Waals surface area contributed by atoms with E-state index in [9.17, 15) is 4.79 Å². The summed E-state index contributed by atoms with van der Waals surface area (Å²) in [6.45, 7) is 5.46. The molecule has 21 heavy (non-hydrogen) atoms. The minimum atomic E-state index is -0.499. The summed E-state index contributed by atoms with van der Waals surface area (Å²) in [5.74, 6) is 0.191. The molecule has 0 aliphatic heterocycles. The first-order chi connectivity index (χ1) is 9.83. The standard InChI is InChI=1S/C14H15ClN2O3S/c1-14(2,3)20-11(18)8-21-13-17-16-12(19-13)9-4-6-10(15)7-5-9/h4-7H,8H2,1-3H3. The van der Waals surface area contributed by atoms with Gasteiger partial charge >= 0.3 is 5.97 Å². The molecule has 0 aliphatic carbocycles. The monoisotopic (exact) mass is 326 g/mol. The maximum Gasteiger partial charge on any atom is 0.316 e. The van der Waals surface area contributed by atoms with Gasteiger partial charge in [-0.05, 0) is 45.0 Å². The van der Waals surface area contributed by atoms with Crippen LogP contribution in [0, 0.1) is 0 Å². The van der Waals surface area contributed by atoms with Crippen molar-refractivity contribution in [3.05, 3.63) is 29.3 Å². The third kappa shape index (κ3) is 5.06. The molecular formula is C14H15ClN2O3S. The predicted octanol–water partition coefficient (Wildman–Crippen LogP) is 3.82. The number of thioether (sulfide) groups is 1. The number of halogens is 1. The predicted molar refractivity (Wildman–Crippen MR) is 81.3 cm³/mol. The van der Waals surface area contributed by atoms with E-state index >= 15 is 0 Å². The number of esters is 1. The summed E-state index contributed by atoms with van der Waals surface area (Å²) < 4.78 is 10.7. The zero-order valence-electron chi connectivity index (χ0n) is 11.9. The minimum Gasteiger partial charge on any atom is -0.459 e. The van der Waals surface area contributed by atoms with Crippen molar-refractivity contribution in [2.24, 2.45) is 0 Å². The van der Waals surface area contributed by atoms with Crippen LogP contribution in [0.1, 0.15) is 20.8 Å². The molecule has 1 heterocycles. The van der Waals surface area contributed by atoms with Gasteiger partial charge in [-0.2, -0.15) is 0 Å². The molecule has 0 saturated heterocycles. The van der Waals surface area contributed by atoms with Crippen molar-refractivity contribution in [1.82, 2.24) is 10.2 Å². The number of nitrogens with zero attached hydrogens (tertiary/aromatic N) is 2. The first kappa shape index (κ1) is 15.9. The molecule has 0 unspecified atom stereocenters. The lowest BCUT2D eigenvalue weighted by Gasteiger charge is -2.18. The SMILES string of the molecule is CC(C)(C)OC(=O)CSc1nnc(-c2ccc(Cl)cc2)o1. The van der Waals surface area contributed by atoms with E-state index in [-0.39, 0.29) is 11.7 Å². The van der Waals surface area contributed by atoms with Crippen molar-refractivity contribution in [1.29, 1.82) is 0 Å². The molecule has 5 nitrogen and oxygen atoms in total. The Morgan fingerprint density at radius 3 is 2.57 bits per heavy atom. The Balaban J connectivity index is 1.94. The Morgan fingerprint density at radius 1 is 1.29 bits per heavy atom. The Hall–Kier alpha value is -1.53. The molecule has 0 saturated carbocycles. The number of ether oxygens (including phenoxy) is 1. The fourth-order valence-electron chi connectivity index (χ4n) is 1.47. The Morgan fingerprint density at radius 2 is 1.95 bits per heavy atom. The Bertz CT molecular complexity index is 620. The number of rotatable bonds is 4. The molecule has 0 spiro atoms. The van der Waals surface area contributed by atoms with Gasteiger partial charge in [0.15, 0.2) is 0 Å². The summed E-state index contributed by atoms with van der Waals surface area (Å²) in [6, 6.07) is 7.07. The molecule has 0 radical (unpaired) electrons. The van der Waals surface area contributed by atoms with Gasteiger partial charge in [-0.25, -0.2) is 0 Å². The van der Waals surface area contributed by atoms with Gasteiger partial charge in [0.2, 0.25) is 5.89 Å². The normalized spacial score (nSPS) is 11.4. The first-order valence-corrected chi connectivity index (χ1v) is 7.64. The van der Waals surface area contributed by atoms with Crippen LogP contribution in [0.25, 0.3) is 11.5 Å². The topological polar surface area (TPSA) is 65.2 Å². The number of carbonyl (C=O) groups excluding carboxylic acids is 1. The molecule has 0 aliphatic rings. The van der Waals surface area contributed by atoms with Crippen molar-refractivity contribution in [2.45, 2.75) is 31.6 Å². The highest BCUT2D eigenvalue weighted by Gasteiger charge is 2.17. The number of hydrogen-bond donors (Lipinski definition) is 0. The highest BCUT2D eigenvalue weighted by atomic mass is 35.5. The summed E-state index contributed by atoms with van der Waals surface area (Å²) in [5.41, 5.74) is 0.275. The van der Waals surface area contributed by atoms with Crippen LogP contribution in [-0.4, -0.2) is 27.5 Å². The molecule has 112 valence electrons. The zero-order chi connectivity index (χ0) is 15.5. The molecule has 0 atom stereocenters. The lowest BCUT2D eigenvalue weighted by molar-refractivity contribution is -0.151. The lowest BCUT2D eigenvalue weighted by atomic mass is 10.2. The van der Waals surface area contributed by atoms with Crippen LogP contribution in [0.15, 0.2) is 33.9 Å². The molecule has 2 aromatic rings. The van der Waals surface area contributed by atoms with E-state index in [1.807, 2.05) is 20.8 Å². The molecular weight excluding hydrogens is 312 g/mol.